The minimum Gasteiger partial charge on any atom is -0.205 e. The fourth-order valence-electron chi connectivity index (χ4n) is 0.151. The molecule has 1 radical (unpaired) electrons. The smallest absolute Gasteiger partial charge is 0.205 e. The van der Waals surface area contributed by atoms with Gasteiger partial charge in [0.15, 0.2) is 0 Å². The van der Waals surface area contributed by atoms with E-state index in [0.717, 1.165) is 0 Å². The van der Waals surface area contributed by atoms with E-state index in [0.29, 0.717) is 0 Å². The maximum Gasteiger partial charge on any atom is 0.271 e. The van der Waals surface area contributed by atoms with Gasteiger partial charge in [-0.25, -0.2) is 8.78 Å². The Labute approximate surface area is 39.1 Å². The summed E-state index contributed by atoms with van der Waals surface area (Å²) in [4.78, 5) is 0. The highest BCUT2D eigenvalue weighted by Gasteiger charge is 2.57. The molecule has 0 aromatic carbocycles. The molecule has 0 N–H and O–H groups in total. The first-order chi connectivity index (χ1) is 2.63. The molecular weight excluding hydrogens is 109 g/mol. The Kier molecular flexibility index (Phi) is 0.619. The van der Waals surface area contributed by atoms with Gasteiger partial charge < -0.3 is 0 Å². The molecule has 0 spiro atoms. The molecule has 1 fully saturated rings. The van der Waals surface area contributed by atoms with Crippen molar-refractivity contribution in [1.29, 1.82) is 0 Å². The van der Waals surface area contributed by atoms with Gasteiger partial charge in [0.2, 0.25) is 0 Å². The van der Waals surface area contributed by atoms with E-state index in [9.17, 15) is 8.78 Å². The van der Waals surface area contributed by atoms with E-state index in [4.69, 9.17) is 11.6 Å². The van der Waals surface area contributed by atoms with Crippen molar-refractivity contribution in [3.05, 3.63) is 5.38 Å². The zero-order valence-electron chi connectivity index (χ0n) is 2.84. The van der Waals surface area contributed by atoms with Crippen LogP contribution in [0.2, 0.25) is 0 Å². The van der Waals surface area contributed by atoms with Gasteiger partial charge >= 0.3 is 0 Å². The van der Waals surface area contributed by atoms with Crippen molar-refractivity contribution in [2.75, 3.05) is 0 Å². The Morgan fingerprint density at radius 2 is 1.83 bits per heavy atom. The van der Waals surface area contributed by atoms with Crippen molar-refractivity contribution < 1.29 is 8.78 Å². The monoisotopic (exact) mass is 111 g/mol. The molecular formula is C3H2ClF2. The third-order valence-electron chi connectivity index (χ3n) is 0.649. The molecule has 0 heterocycles. The lowest BCUT2D eigenvalue weighted by Crippen LogP contribution is -1.84. The zero-order valence-corrected chi connectivity index (χ0v) is 3.60. The van der Waals surface area contributed by atoms with Gasteiger partial charge in [-0.3, -0.25) is 0 Å². The molecule has 0 atom stereocenters. The van der Waals surface area contributed by atoms with Gasteiger partial charge in [0.05, 0.1) is 0 Å². The maximum atomic E-state index is 11.4. The molecule has 0 nitrogen and oxygen atoms in total. The first-order valence-electron chi connectivity index (χ1n) is 1.52. The Morgan fingerprint density at radius 3 is 1.83 bits per heavy atom. The van der Waals surface area contributed by atoms with Crippen LogP contribution in [0.15, 0.2) is 0 Å². The average Bonchev–Trinajstić information content (AvgIpc) is 1.73. The van der Waals surface area contributed by atoms with Crippen LogP contribution in [0.3, 0.4) is 0 Å². The van der Waals surface area contributed by atoms with Gasteiger partial charge in [0, 0.05) is 6.42 Å². The molecule has 1 rings (SSSR count). The lowest BCUT2D eigenvalue weighted by molar-refractivity contribution is 0.132. The van der Waals surface area contributed by atoms with Crippen LogP contribution in [0, 0.1) is 5.38 Å². The molecule has 35 valence electrons. The Morgan fingerprint density at radius 1 is 1.67 bits per heavy atom. The highest BCUT2D eigenvalue weighted by Crippen LogP contribution is 2.53. The van der Waals surface area contributed by atoms with Crippen LogP contribution in [-0.4, -0.2) is 5.92 Å². The van der Waals surface area contributed by atoms with Gasteiger partial charge in [-0.2, -0.15) is 0 Å². The molecule has 1 aliphatic rings. The molecule has 0 aliphatic heterocycles. The summed E-state index contributed by atoms with van der Waals surface area (Å²) in [7, 11) is 0. The van der Waals surface area contributed by atoms with Crippen LogP contribution in [0.4, 0.5) is 8.78 Å². The van der Waals surface area contributed by atoms with E-state index < -0.39 is 5.92 Å². The van der Waals surface area contributed by atoms with E-state index >= 15 is 0 Å². The van der Waals surface area contributed by atoms with Crippen molar-refractivity contribution >= 4 is 11.6 Å². The quantitative estimate of drug-likeness (QED) is 0.447. The van der Waals surface area contributed by atoms with Crippen LogP contribution in [0.25, 0.3) is 0 Å². The second-order valence-corrected chi connectivity index (χ2v) is 1.74. The van der Waals surface area contributed by atoms with Gasteiger partial charge in [0.1, 0.15) is 5.38 Å². The SMILES string of the molecule is FC1(F)C[C]1Cl. The summed E-state index contributed by atoms with van der Waals surface area (Å²) in [5.74, 6) is -2.61. The number of rotatable bonds is 0. The number of halogens is 3. The van der Waals surface area contributed by atoms with Gasteiger partial charge in [-0.05, 0) is 0 Å². The lowest BCUT2D eigenvalue weighted by atomic mass is 10.8. The molecule has 1 aliphatic carbocycles. The fraction of sp³-hybridized carbons (Fsp3) is 0.667. The predicted octanol–water partition coefficient (Wildman–Crippen LogP) is 1.80. The maximum absolute atomic E-state index is 11.4. The third-order valence-corrected chi connectivity index (χ3v) is 1.06. The normalized spacial score (nSPS) is 30.5. The highest BCUT2D eigenvalue weighted by molar-refractivity contribution is 6.30. The number of hydrogen-bond acceptors (Lipinski definition) is 0. The van der Waals surface area contributed by atoms with Crippen LogP contribution < -0.4 is 0 Å². The summed E-state index contributed by atoms with van der Waals surface area (Å²) < 4.78 is 22.7. The van der Waals surface area contributed by atoms with Gasteiger partial charge in [-0.15, -0.1) is 11.6 Å². The van der Waals surface area contributed by atoms with Crippen molar-refractivity contribution in [2.45, 2.75) is 12.3 Å². The standard InChI is InChI=1S/C3H2ClF2/c4-2-1-3(2,5)6/h1H2. The van der Waals surface area contributed by atoms with Crippen LogP contribution in [0.5, 0.6) is 0 Å². The summed E-state index contributed by atoms with van der Waals surface area (Å²) in [5, 5.41) is -0.206. The molecule has 0 amide bonds. The van der Waals surface area contributed by atoms with E-state index in [2.05, 4.69) is 0 Å². The van der Waals surface area contributed by atoms with Crippen LogP contribution in [-0.2, 0) is 0 Å². The predicted molar refractivity (Wildman–Crippen MR) is 18.7 cm³/mol. The molecule has 0 aromatic rings. The third kappa shape index (κ3) is 0.492. The van der Waals surface area contributed by atoms with E-state index in [1.54, 1.807) is 0 Å². The molecule has 0 bridgehead atoms. The Bertz CT molecular complexity index is 71.2. The second kappa shape index (κ2) is 0.861. The van der Waals surface area contributed by atoms with Crippen molar-refractivity contribution in [2.24, 2.45) is 0 Å². The summed E-state index contributed by atoms with van der Waals surface area (Å²) >= 11 is 4.84. The molecule has 0 unspecified atom stereocenters. The molecule has 0 saturated heterocycles. The summed E-state index contributed by atoms with van der Waals surface area (Å²) in [6, 6.07) is 0. The fourth-order valence-corrected chi connectivity index (χ4v) is 0.319. The number of hydrogen-bond donors (Lipinski definition) is 0. The van der Waals surface area contributed by atoms with E-state index in [1.165, 1.54) is 0 Å². The Hall–Kier alpha value is 0.150. The summed E-state index contributed by atoms with van der Waals surface area (Å²) in [6.07, 6.45) is -0.214. The second-order valence-electron chi connectivity index (χ2n) is 1.29. The van der Waals surface area contributed by atoms with Gasteiger partial charge in [-0.1, -0.05) is 0 Å². The molecule has 3 heteroatoms. The average molecular weight is 111 g/mol. The van der Waals surface area contributed by atoms with Crippen LogP contribution in [0.1, 0.15) is 6.42 Å². The van der Waals surface area contributed by atoms with E-state index in [1.807, 2.05) is 0 Å². The lowest BCUT2D eigenvalue weighted by Gasteiger charge is -1.79. The molecule has 6 heavy (non-hydrogen) atoms. The summed E-state index contributed by atoms with van der Waals surface area (Å²) in [5.41, 5.74) is 0. The Balaban J connectivity index is 2.41. The highest BCUT2D eigenvalue weighted by atomic mass is 35.5. The first kappa shape index (κ1) is 4.31. The van der Waals surface area contributed by atoms with Crippen molar-refractivity contribution in [3.63, 3.8) is 0 Å². The van der Waals surface area contributed by atoms with Crippen molar-refractivity contribution in [1.82, 2.24) is 0 Å². The molecule has 1 saturated carbocycles. The first-order valence-corrected chi connectivity index (χ1v) is 1.90. The minimum atomic E-state index is -2.61. The van der Waals surface area contributed by atoms with Gasteiger partial charge in [0.25, 0.3) is 5.92 Å². The number of alkyl halides is 2. The van der Waals surface area contributed by atoms with E-state index in [-0.39, 0.29) is 11.8 Å². The largest absolute Gasteiger partial charge is 0.271 e. The zero-order chi connectivity index (χ0) is 4.78. The minimum absolute atomic E-state index is 0.206. The summed E-state index contributed by atoms with van der Waals surface area (Å²) in [6.45, 7) is 0. The van der Waals surface area contributed by atoms with Crippen molar-refractivity contribution in [3.8, 4) is 0 Å². The topological polar surface area (TPSA) is 0 Å². The van der Waals surface area contributed by atoms with Crippen LogP contribution >= 0.6 is 11.6 Å². The molecule has 0 aromatic heterocycles.